The van der Waals surface area contributed by atoms with Gasteiger partial charge in [0, 0.05) is 11.4 Å². The van der Waals surface area contributed by atoms with Crippen LogP contribution in [0.1, 0.15) is 41.4 Å². The van der Waals surface area contributed by atoms with Crippen molar-refractivity contribution in [2.75, 3.05) is 11.9 Å². The number of carbonyl (C=O) groups is 2. The second-order valence-corrected chi connectivity index (χ2v) is 6.92. The van der Waals surface area contributed by atoms with Gasteiger partial charge in [-0.1, -0.05) is 12.1 Å². The lowest BCUT2D eigenvalue weighted by atomic mass is 10.2. The zero-order valence-electron chi connectivity index (χ0n) is 17.6. The normalized spacial score (nSPS) is 11.7. The first kappa shape index (κ1) is 21.2. The van der Waals surface area contributed by atoms with Crippen molar-refractivity contribution in [2.24, 2.45) is 0 Å². The molecule has 0 bridgehead atoms. The third-order valence-corrected chi connectivity index (χ3v) is 4.79. The van der Waals surface area contributed by atoms with Crippen LogP contribution in [-0.2, 0) is 16.1 Å². The predicted octanol–water partition coefficient (Wildman–Crippen LogP) is 4.33. The van der Waals surface area contributed by atoms with Crippen LogP contribution in [0.2, 0.25) is 0 Å². The van der Waals surface area contributed by atoms with Crippen molar-refractivity contribution in [3.63, 3.8) is 0 Å². The van der Waals surface area contributed by atoms with Crippen LogP contribution < -0.4 is 10.1 Å². The Hall–Kier alpha value is -3.48. The first-order chi connectivity index (χ1) is 14.4. The minimum atomic E-state index is -0.972. The summed E-state index contributed by atoms with van der Waals surface area (Å²) in [5.41, 5.74) is 2.61. The summed E-state index contributed by atoms with van der Waals surface area (Å²) in [6.07, 6.45) is 0.642. The van der Waals surface area contributed by atoms with Crippen molar-refractivity contribution in [2.45, 2.75) is 40.3 Å². The van der Waals surface area contributed by atoms with Crippen LogP contribution in [0.25, 0.3) is 0 Å². The van der Waals surface area contributed by atoms with E-state index in [-0.39, 0.29) is 0 Å². The quantitative estimate of drug-likeness (QED) is 0.559. The number of aryl methyl sites for hydroxylation is 1. The Kier molecular flexibility index (Phi) is 6.61. The lowest BCUT2D eigenvalue weighted by Crippen LogP contribution is -2.30. The van der Waals surface area contributed by atoms with Crippen LogP contribution in [0.5, 0.6) is 5.75 Å². The van der Waals surface area contributed by atoms with Crippen LogP contribution >= 0.6 is 0 Å². The molecule has 7 heteroatoms. The number of amides is 1. The highest BCUT2D eigenvalue weighted by Crippen LogP contribution is 2.24. The molecule has 0 saturated carbocycles. The number of hydrogen-bond acceptors (Lipinski definition) is 5. The summed E-state index contributed by atoms with van der Waals surface area (Å²) in [6, 6.07) is 12.6. The molecule has 0 aliphatic rings. The van der Waals surface area contributed by atoms with Crippen LogP contribution in [0, 0.1) is 13.8 Å². The summed E-state index contributed by atoms with van der Waals surface area (Å²) in [7, 11) is 0. The zero-order valence-corrected chi connectivity index (χ0v) is 17.6. The van der Waals surface area contributed by atoms with Crippen LogP contribution in [0.4, 0.5) is 5.69 Å². The number of para-hydroxylation sites is 2. The van der Waals surface area contributed by atoms with Crippen molar-refractivity contribution in [3.8, 4) is 5.75 Å². The Morgan fingerprint density at radius 1 is 1.17 bits per heavy atom. The van der Waals surface area contributed by atoms with E-state index in [1.807, 2.05) is 43.5 Å². The number of aromatic nitrogens is 1. The molecule has 2 aromatic heterocycles. The molecule has 0 fully saturated rings. The van der Waals surface area contributed by atoms with E-state index < -0.39 is 18.0 Å². The summed E-state index contributed by atoms with van der Waals surface area (Å²) in [4.78, 5) is 25.2. The van der Waals surface area contributed by atoms with Gasteiger partial charge in [-0.3, -0.25) is 4.79 Å². The maximum atomic E-state index is 12.7. The SMILES string of the molecule is CCOc1ccccc1NC(=O)C(C)OC(=O)c1cc(C)n(Cc2ccco2)c1C. The van der Waals surface area contributed by atoms with Crippen molar-refractivity contribution in [1.29, 1.82) is 0 Å². The second-order valence-electron chi connectivity index (χ2n) is 6.92. The molecule has 1 amide bonds. The van der Waals surface area contributed by atoms with Gasteiger partial charge >= 0.3 is 5.97 Å². The van der Waals surface area contributed by atoms with E-state index in [2.05, 4.69) is 5.32 Å². The van der Waals surface area contributed by atoms with Crippen LogP contribution in [0.15, 0.2) is 53.1 Å². The number of ether oxygens (including phenoxy) is 2. The number of hydrogen-bond donors (Lipinski definition) is 1. The van der Waals surface area contributed by atoms with Crippen LogP contribution in [-0.4, -0.2) is 29.2 Å². The van der Waals surface area contributed by atoms with E-state index in [0.29, 0.717) is 30.2 Å². The molecule has 158 valence electrons. The molecule has 3 aromatic rings. The van der Waals surface area contributed by atoms with Gasteiger partial charge in [-0.05, 0) is 58.0 Å². The fourth-order valence-electron chi connectivity index (χ4n) is 3.17. The smallest absolute Gasteiger partial charge is 0.340 e. The molecule has 1 atom stereocenters. The van der Waals surface area contributed by atoms with Gasteiger partial charge in [-0.25, -0.2) is 4.79 Å². The van der Waals surface area contributed by atoms with E-state index >= 15 is 0 Å². The van der Waals surface area contributed by atoms with Gasteiger partial charge in [0.15, 0.2) is 6.10 Å². The van der Waals surface area contributed by atoms with Gasteiger partial charge in [0.1, 0.15) is 11.5 Å². The van der Waals surface area contributed by atoms with Gasteiger partial charge in [0.05, 0.1) is 30.7 Å². The van der Waals surface area contributed by atoms with Gasteiger partial charge in [0.2, 0.25) is 0 Å². The largest absolute Gasteiger partial charge is 0.492 e. The molecule has 0 aliphatic heterocycles. The molecular formula is C23H26N2O5. The molecular weight excluding hydrogens is 384 g/mol. The topological polar surface area (TPSA) is 82.7 Å². The van der Waals surface area contributed by atoms with Gasteiger partial charge in [-0.15, -0.1) is 0 Å². The number of esters is 1. The molecule has 3 rings (SSSR count). The molecule has 0 saturated heterocycles. The lowest BCUT2D eigenvalue weighted by molar-refractivity contribution is -0.123. The predicted molar refractivity (Wildman–Crippen MR) is 113 cm³/mol. The summed E-state index contributed by atoms with van der Waals surface area (Å²) in [6.45, 7) is 8.15. The molecule has 1 unspecified atom stereocenters. The zero-order chi connectivity index (χ0) is 21.7. The number of furan rings is 1. The summed E-state index contributed by atoms with van der Waals surface area (Å²) >= 11 is 0. The number of rotatable bonds is 8. The fourth-order valence-corrected chi connectivity index (χ4v) is 3.17. The minimum absolute atomic E-state index is 0.424. The van der Waals surface area contributed by atoms with Gasteiger partial charge in [-0.2, -0.15) is 0 Å². The second kappa shape index (κ2) is 9.35. The highest BCUT2D eigenvalue weighted by Gasteiger charge is 2.23. The molecule has 2 heterocycles. The van der Waals surface area contributed by atoms with E-state index in [0.717, 1.165) is 17.1 Å². The Balaban J connectivity index is 1.68. The molecule has 1 aromatic carbocycles. The number of nitrogens with one attached hydrogen (secondary N) is 1. The average Bonchev–Trinajstić information content (AvgIpc) is 3.33. The maximum absolute atomic E-state index is 12.7. The first-order valence-corrected chi connectivity index (χ1v) is 9.83. The number of anilines is 1. The highest BCUT2D eigenvalue weighted by atomic mass is 16.5. The Morgan fingerprint density at radius 3 is 2.63 bits per heavy atom. The third kappa shape index (κ3) is 4.74. The summed E-state index contributed by atoms with van der Waals surface area (Å²) in [5.74, 6) is 0.375. The molecule has 1 N–H and O–H groups in total. The number of nitrogens with zero attached hydrogens (tertiary/aromatic N) is 1. The van der Waals surface area contributed by atoms with E-state index in [1.165, 1.54) is 0 Å². The van der Waals surface area contributed by atoms with E-state index in [9.17, 15) is 9.59 Å². The number of carbonyl (C=O) groups excluding carboxylic acids is 2. The maximum Gasteiger partial charge on any atom is 0.340 e. The standard InChI is InChI=1S/C23H26N2O5/c1-5-28-21-11-7-6-10-20(21)24-22(26)17(4)30-23(27)19-13-15(2)25(16(19)3)14-18-9-8-12-29-18/h6-13,17H,5,14H2,1-4H3,(H,24,26). The third-order valence-electron chi connectivity index (χ3n) is 4.79. The van der Waals surface area contributed by atoms with E-state index in [4.69, 9.17) is 13.9 Å². The first-order valence-electron chi connectivity index (χ1n) is 9.83. The number of benzene rings is 1. The van der Waals surface area contributed by atoms with E-state index in [1.54, 1.807) is 37.5 Å². The monoisotopic (exact) mass is 410 g/mol. The molecule has 30 heavy (non-hydrogen) atoms. The van der Waals surface area contributed by atoms with Gasteiger partial charge < -0.3 is 23.8 Å². The minimum Gasteiger partial charge on any atom is -0.492 e. The van der Waals surface area contributed by atoms with Crippen molar-refractivity contribution >= 4 is 17.6 Å². The van der Waals surface area contributed by atoms with Crippen molar-refractivity contribution in [3.05, 3.63) is 71.4 Å². The summed E-state index contributed by atoms with van der Waals surface area (Å²) < 4.78 is 18.3. The fraction of sp³-hybridized carbons (Fsp3) is 0.304. The molecule has 7 nitrogen and oxygen atoms in total. The van der Waals surface area contributed by atoms with Gasteiger partial charge in [0.25, 0.3) is 5.91 Å². The molecule has 0 spiro atoms. The Labute approximate surface area is 175 Å². The lowest BCUT2D eigenvalue weighted by Gasteiger charge is -2.15. The Bertz CT molecular complexity index is 1020. The molecule has 0 radical (unpaired) electrons. The Morgan fingerprint density at radius 2 is 1.93 bits per heavy atom. The van der Waals surface area contributed by atoms with Crippen LogP contribution in [0.3, 0.4) is 0 Å². The molecule has 0 aliphatic carbocycles. The average molecular weight is 410 g/mol. The summed E-state index contributed by atoms with van der Waals surface area (Å²) in [5, 5.41) is 2.75. The van der Waals surface area contributed by atoms with Crippen molar-refractivity contribution in [1.82, 2.24) is 4.57 Å². The highest BCUT2D eigenvalue weighted by molar-refractivity contribution is 5.98. The van der Waals surface area contributed by atoms with Crippen molar-refractivity contribution < 1.29 is 23.5 Å².